The SMILES string of the molecule is c1cnc2c(CCN3CCNCC3)coc2c1. The number of nitrogens with zero attached hydrogens (tertiary/aromatic N) is 2. The molecule has 0 aliphatic carbocycles. The van der Waals surface area contributed by atoms with Crippen molar-refractivity contribution in [3.8, 4) is 0 Å². The summed E-state index contributed by atoms with van der Waals surface area (Å²) in [5.41, 5.74) is 3.13. The molecule has 0 bridgehead atoms. The summed E-state index contributed by atoms with van der Waals surface area (Å²) in [4.78, 5) is 6.86. The van der Waals surface area contributed by atoms with Crippen LogP contribution in [0.15, 0.2) is 29.0 Å². The van der Waals surface area contributed by atoms with E-state index in [1.165, 1.54) is 5.56 Å². The quantitative estimate of drug-likeness (QED) is 0.864. The lowest BCUT2D eigenvalue weighted by Crippen LogP contribution is -2.44. The van der Waals surface area contributed by atoms with E-state index < -0.39 is 0 Å². The summed E-state index contributed by atoms with van der Waals surface area (Å²) >= 11 is 0. The van der Waals surface area contributed by atoms with Crippen molar-refractivity contribution in [1.82, 2.24) is 15.2 Å². The van der Waals surface area contributed by atoms with Gasteiger partial charge in [-0.1, -0.05) is 0 Å². The lowest BCUT2D eigenvalue weighted by molar-refractivity contribution is 0.244. The van der Waals surface area contributed by atoms with E-state index >= 15 is 0 Å². The van der Waals surface area contributed by atoms with E-state index in [1.807, 2.05) is 24.6 Å². The number of aromatic nitrogens is 1. The number of hydrogen-bond donors (Lipinski definition) is 1. The molecule has 1 saturated heterocycles. The monoisotopic (exact) mass is 231 g/mol. The molecule has 1 aliphatic rings. The highest BCUT2D eigenvalue weighted by Crippen LogP contribution is 2.18. The molecule has 0 saturated carbocycles. The third kappa shape index (κ3) is 2.33. The predicted molar refractivity (Wildman–Crippen MR) is 67.0 cm³/mol. The molecule has 4 heteroatoms. The number of furan rings is 1. The van der Waals surface area contributed by atoms with E-state index in [1.54, 1.807) is 0 Å². The molecule has 1 aliphatic heterocycles. The maximum absolute atomic E-state index is 5.50. The molecule has 90 valence electrons. The minimum atomic E-state index is 0.891. The summed E-state index contributed by atoms with van der Waals surface area (Å²) in [5, 5.41) is 3.36. The Bertz CT molecular complexity index is 488. The molecule has 2 aromatic heterocycles. The third-order valence-corrected chi connectivity index (χ3v) is 3.31. The lowest BCUT2D eigenvalue weighted by atomic mass is 10.2. The minimum Gasteiger partial charge on any atom is -0.462 e. The van der Waals surface area contributed by atoms with Crippen molar-refractivity contribution in [2.75, 3.05) is 32.7 Å². The average molecular weight is 231 g/mol. The molecule has 4 nitrogen and oxygen atoms in total. The zero-order valence-electron chi connectivity index (χ0n) is 9.85. The van der Waals surface area contributed by atoms with Gasteiger partial charge in [0.25, 0.3) is 0 Å². The summed E-state index contributed by atoms with van der Waals surface area (Å²) in [7, 11) is 0. The normalized spacial score (nSPS) is 17.6. The molecule has 0 unspecified atom stereocenters. The summed E-state index contributed by atoms with van der Waals surface area (Å²) in [6.07, 6.45) is 4.69. The van der Waals surface area contributed by atoms with Crippen molar-refractivity contribution in [3.05, 3.63) is 30.2 Å². The van der Waals surface area contributed by atoms with Crippen LogP contribution in [0.4, 0.5) is 0 Å². The topological polar surface area (TPSA) is 41.3 Å². The van der Waals surface area contributed by atoms with Crippen LogP contribution >= 0.6 is 0 Å². The van der Waals surface area contributed by atoms with Gasteiger partial charge in [0.05, 0.1) is 6.26 Å². The van der Waals surface area contributed by atoms with Crippen molar-refractivity contribution in [3.63, 3.8) is 0 Å². The summed E-state index contributed by atoms with van der Waals surface area (Å²) < 4.78 is 5.50. The molecule has 3 rings (SSSR count). The van der Waals surface area contributed by atoms with Crippen molar-refractivity contribution < 1.29 is 4.42 Å². The highest BCUT2D eigenvalue weighted by Gasteiger charge is 2.11. The molecule has 0 radical (unpaired) electrons. The Kier molecular flexibility index (Phi) is 3.07. The number of rotatable bonds is 3. The maximum atomic E-state index is 5.50. The maximum Gasteiger partial charge on any atom is 0.152 e. The van der Waals surface area contributed by atoms with Crippen LogP contribution in [0.25, 0.3) is 11.1 Å². The van der Waals surface area contributed by atoms with Crippen LogP contribution in [0.5, 0.6) is 0 Å². The Morgan fingerprint density at radius 2 is 2.24 bits per heavy atom. The summed E-state index contributed by atoms with van der Waals surface area (Å²) in [6, 6.07) is 3.88. The summed E-state index contributed by atoms with van der Waals surface area (Å²) in [6.45, 7) is 5.58. The molecule has 0 aromatic carbocycles. The van der Waals surface area contributed by atoms with E-state index in [9.17, 15) is 0 Å². The largest absolute Gasteiger partial charge is 0.462 e. The van der Waals surface area contributed by atoms with Crippen molar-refractivity contribution in [2.45, 2.75) is 6.42 Å². The number of fused-ring (bicyclic) bond motifs is 1. The smallest absolute Gasteiger partial charge is 0.152 e. The van der Waals surface area contributed by atoms with Gasteiger partial charge in [-0.15, -0.1) is 0 Å². The second-order valence-electron chi connectivity index (χ2n) is 4.45. The van der Waals surface area contributed by atoms with Gasteiger partial charge < -0.3 is 14.6 Å². The second-order valence-corrected chi connectivity index (χ2v) is 4.45. The highest BCUT2D eigenvalue weighted by atomic mass is 16.3. The van der Waals surface area contributed by atoms with E-state index in [0.29, 0.717) is 0 Å². The van der Waals surface area contributed by atoms with Crippen LogP contribution < -0.4 is 5.32 Å². The molecule has 0 spiro atoms. The third-order valence-electron chi connectivity index (χ3n) is 3.31. The Morgan fingerprint density at radius 1 is 1.35 bits per heavy atom. The molecular formula is C13H17N3O. The van der Waals surface area contributed by atoms with Crippen LogP contribution in [0.2, 0.25) is 0 Å². The standard InChI is InChI=1S/C13H17N3O/c1-2-12-13(15-4-1)11(10-17-12)3-7-16-8-5-14-6-9-16/h1-2,4,10,14H,3,5-9H2. The minimum absolute atomic E-state index is 0.891. The molecule has 2 aromatic rings. The van der Waals surface area contributed by atoms with Gasteiger partial charge in [-0.3, -0.25) is 4.98 Å². The van der Waals surface area contributed by atoms with Gasteiger partial charge in [0.15, 0.2) is 5.58 Å². The van der Waals surface area contributed by atoms with Gasteiger partial charge in [-0.25, -0.2) is 0 Å². The van der Waals surface area contributed by atoms with Crippen LogP contribution in [0, 0.1) is 0 Å². The Balaban J connectivity index is 1.68. The fraction of sp³-hybridized carbons (Fsp3) is 0.462. The first-order chi connectivity index (χ1) is 8.43. The number of pyridine rings is 1. The molecule has 1 N–H and O–H groups in total. The van der Waals surface area contributed by atoms with Gasteiger partial charge in [0.2, 0.25) is 0 Å². The van der Waals surface area contributed by atoms with E-state index in [4.69, 9.17) is 4.42 Å². The van der Waals surface area contributed by atoms with Crippen molar-refractivity contribution in [2.24, 2.45) is 0 Å². The Labute approximate surface area is 101 Å². The first-order valence-corrected chi connectivity index (χ1v) is 6.17. The fourth-order valence-electron chi connectivity index (χ4n) is 2.31. The molecule has 17 heavy (non-hydrogen) atoms. The van der Waals surface area contributed by atoms with Gasteiger partial charge in [0.1, 0.15) is 5.52 Å². The van der Waals surface area contributed by atoms with Crippen molar-refractivity contribution in [1.29, 1.82) is 0 Å². The molecule has 1 fully saturated rings. The van der Waals surface area contributed by atoms with E-state index in [-0.39, 0.29) is 0 Å². The summed E-state index contributed by atoms with van der Waals surface area (Å²) in [5.74, 6) is 0. The molecule has 0 amide bonds. The fourth-order valence-corrected chi connectivity index (χ4v) is 2.31. The molecule has 0 atom stereocenters. The van der Waals surface area contributed by atoms with Gasteiger partial charge in [-0.05, 0) is 18.6 Å². The highest BCUT2D eigenvalue weighted by molar-refractivity contribution is 5.75. The van der Waals surface area contributed by atoms with E-state index in [2.05, 4.69) is 15.2 Å². The zero-order valence-corrected chi connectivity index (χ0v) is 9.85. The van der Waals surface area contributed by atoms with Crippen LogP contribution in [-0.4, -0.2) is 42.6 Å². The van der Waals surface area contributed by atoms with Gasteiger partial charge in [0, 0.05) is 44.5 Å². The van der Waals surface area contributed by atoms with E-state index in [0.717, 1.165) is 50.2 Å². The van der Waals surface area contributed by atoms with Gasteiger partial charge >= 0.3 is 0 Å². The first-order valence-electron chi connectivity index (χ1n) is 6.17. The molecule has 3 heterocycles. The number of piperazine rings is 1. The second kappa shape index (κ2) is 4.85. The van der Waals surface area contributed by atoms with Crippen LogP contribution in [0.3, 0.4) is 0 Å². The average Bonchev–Trinajstić information content (AvgIpc) is 2.81. The predicted octanol–water partition coefficient (Wildman–Crippen LogP) is 1.28. The van der Waals surface area contributed by atoms with Crippen molar-refractivity contribution >= 4 is 11.1 Å². The number of hydrogen-bond acceptors (Lipinski definition) is 4. The Hall–Kier alpha value is -1.39. The lowest BCUT2D eigenvalue weighted by Gasteiger charge is -2.26. The number of nitrogens with one attached hydrogen (secondary N) is 1. The van der Waals surface area contributed by atoms with Gasteiger partial charge in [-0.2, -0.15) is 0 Å². The molecular weight excluding hydrogens is 214 g/mol. The van der Waals surface area contributed by atoms with Crippen LogP contribution in [-0.2, 0) is 6.42 Å². The first kappa shape index (κ1) is 10.7. The van der Waals surface area contributed by atoms with Crippen LogP contribution in [0.1, 0.15) is 5.56 Å². The zero-order chi connectivity index (χ0) is 11.5. The Morgan fingerprint density at radius 3 is 3.12 bits per heavy atom.